The number of rotatable bonds is 5. The molecule has 0 spiro atoms. The van der Waals surface area contributed by atoms with Crippen molar-refractivity contribution < 1.29 is 13.2 Å². The molecule has 1 saturated heterocycles. The molecule has 19 heavy (non-hydrogen) atoms. The van der Waals surface area contributed by atoms with Gasteiger partial charge in [-0.1, -0.05) is 0 Å². The summed E-state index contributed by atoms with van der Waals surface area (Å²) in [6, 6.07) is 7.10. The zero-order valence-corrected chi connectivity index (χ0v) is 12.0. The second-order valence-corrected chi connectivity index (χ2v) is 6.68. The molecule has 0 amide bonds. The smallest absolute Gasteiger partial charge is 0.240 e. The minimum atomic E-state index is -3.36. The van der Waals surface area contributed by atoms with Crippen LogP contribution in [0.5, 0.6) is 0 Å². The van der Waals surface area contributed by atoms with Gasteiger partial charge in [-0.2, -0.15) is 0 Å². The third-order valence-electron chi connectivity index (χ3n) is 3.50. The molecule has 1 fully saturated rings. The predicted molar refractivity (Wildman–Crippen MR) is 74.7 cm³/mol. The maximum atomic E-state index is 11.6. The Kier molecular flexibility index (Phi) is 4.44. The van der Waals surface area contributed by atoms with Crippen molar-refractivity contribution in [2.45, 2.75) is 24.3 Å². The third-order valence-corrected chi connectivity index (χ3v) is 4.93. The Balaban J connectivity index is 2.02. The van der Waals surface area contributed by atoms with E-state index < -0.39 is 10.0 Å². The Labute approximate surface area is 114 Å². The number of anilines is 1. The van der Waals surface area contributed by atoms with E-state index >= 15 is 0 Å². The largest absolute Gasteiger partial charge is 0.382 e. The van der Waals surface area contributed by atoms with Crippen molar-refractivity contribution in [3.05, 3.63) is 24.3 Å². The number of benzene rings is 1. The van der Waals surface area contributed by atoms with Crippen LogP contribution >= 0.6 is 0 Å². The molecule has 6 heteroatoms. The molecule has 1 heterocycles. The van der Waals surface area contributed by atoms with Gasteiger partial charge in [0.1, 0.15) is 0 Å². The summed E-state index contributed by atoms with van der Waals surface area (Å²) in [5, 5.41) is 3.39. The van der Waals surface area contributed by atoms with Crippen molar-refractivity contribution in [2.75, 3.05) is 25.6 Å². The predicted octanol–water partition coefficient (Wildman–Crippen LogP) is 1.43. The molecule has 106 valence electrons. The summed E-state index contributed by atoms with van der Waals surface area (Å²) in [4.78, 5) is 0.275. The lowest BCUT2D eigenvalue weighted by atomic mass is 10.0. The quantitative estimate of drug-likeness (QED) is 0.858. The van der Waals surface area contributed by atoms with Gasteiger partial charge < -0.3 is 10.1 Å². The maximum absolute atomic E-state index is 11.6. The fraction of sp³-hybridized carbons (Fsp3) is 0.538. The van der Waals surface area contributed by atoms with Crippen LogP contribution in [0.25, 0.3) is 0 Å². The Morgan fingerprint density at radius 3 is 2.53 bits per heavy atom. The van der Waals surface area contributed by atoms with Crippen molar-refractivity contribution in [3.63, 3.8) is 0 Å². The molecule has 2 atom stereocenters. The molecule has 1 aromatic carbocycles. The molecule has 1 aromatic rings. The molecule has 0 aliphatic carbocycles. The Morgan fingerprint density at radius 2 is 2.00 bits per heavy atom. The first-order valence-electron chi connectivity index (χ1n) is 6.41. The van der Waals surface area contributed by atoms with Crippen molar-refractivity contribution in [2.24, 2.45) is 5.92 Å². The zero-order chi connectivity index (χ0) is 13.9. The van der Waals surface area contributed by atoms with Crippen LogP contribution in [0.3, 0.4) is 0 Å². The summed E-state index contributed by atoms with van der Waals surface area (Å²) in [7, 11) is -1.95. The van der Waals surface area contributed by atoms with Gasteiger partial charge in [-0.15, -0.1) is 0 Å². The summed E-state index contributed by atoms with van der Waals surface area (Å²) in [5.41, 5.74) is 0.925. The highest BCUT2D eigenvalue weighted by atomic mass is 32.2. The molecule has 0 saturated carbocycles. The van der Waals surface area contributed by atoms with E-state index in [9.17, 15) is 8.42 Å². The van der Waals surface area contributed by atoms with Crippen molar-refractivity contribution in [1.29, 1.82) is 0 Å². The number of nitrogens with one attached hydrogen (secondary N) is 2. The second-order valence-electron chi connectivity index (χ2n) is 4.79. The fourth-order valence-corrected chi connectivity index (χ4v) is 2.91. The summed E-state index contributed by atoms with van der Waals surface area (Å²) in [5.74, 6) is 0.515. The van der Waals surface area contributed by atoms with Gasteiger partial charge in [0.05, 0.1) is 11.5 Å². The molecular weight excluding hydrogens is 264 g/mol. The molecule has 5 nitrogen and oxygen atoms in total. The van der Waals surface area contributed by atoms with E-state index in [1.165, 1.54) is 7.05 Å². The maximum Gasteiger partial charge on any atom is 0.240 e. The summed E-state index contributed by atoms with van der Waals surface area (Å²) < 4.78 is 30.9. The van der Waals surface area contributed by atoms with Gasteiger partial charge in [0, 0.05) is 24.3 Å². The topological polar surface area (TPSA) is 67.4 Å². The van der Waals surface area contributed by atoms with E-state index in [1.807, 2.05) is 0 Å². The van der Waals surface area contributed by atoms with E-state index in [4.69, 9.17) is 4.74 Å². The van der Waals surface area contributed by atoms with Crippen molar-refractivity contribution in [3.8, 4) is 0 Å². The average molecular weight is 284 g/mol. The minimum absolute atomic E-state index is 0.275. The van der Waals surface area contributed by atoms with Gasteiger partial charge in [0.2, 0.25) is 10.0 Å². The highest BCUT2D eigenvalue weighted by Crippen LogP contribution is 2.21. The van der Waals surface area contributed by atoms with E-state index in [0.717, 1.165) is 25.3 Å². The van der Waals surface area contributed by atoms with Crippen LogP contribution in [-0.4, -0.2) is 34.7 Å². The zero-order valence-electron chi connectivity index (χ0n) is 11.2. The molecule has 2 rings (SSSR count). The fourth-order valence-electron chi connectivity index (χ4n) is 2.18. The van der Waals surface area contributed by atoms with E-state index in [0.29, 0.717) is 12.0 Å². The SMILES string of the molecule is CNS(=O)(=O)c1ccc(NC(C)C2CCOC2)cc1. The van der Waals surface area contributed by atoms with Crippen LogP contribution in [0.2, 0.25) is 0 Å². The molecule has 2 unspecified atom stereocenters. The lowest BCUT2D eigenvalue weighted by molar-refractivity contribution is 0.183. The average Bonchev–Trinajstić information content (AvgIpc) is 2.93. The molecule has 1 aliphatic heterocycles. The molecule has 1 aliphatic rings. The van der Waals surface area contributed by atoms with Gasteiger partial charge in [0.15, 0.2) is 0 Å². The van der Waals surface area contributed by atoms with Crippen LogP contribution in [0.1, 0.15) is 13.3 Å². The van der Waals surface area contributed by atoms with Gasteiger partial charge in [-0.3, -0.25) is 0 Å². The van der Waals surface area contributed by atoms with Crippen LogP contribution in [-0.2, 0) is 14.8 Å². The number of hydrogen-bond donors (Lipinski definition) is 2. The molecule has 0 bridgehead atoms. The Hall–Kier alpha value is -1.11. The van der Waals surface area contributed by atoms with Gasteiger partial charge >= 0.3 is 0 Å². The summed E-state index contributed by atoms with van der Waals surface area (Å²) in [6.45, 7) is 3.74. The van der Waals surface area contributed by atoms with Crippen LogP contribution in [0, 0.1) is 5.92 Å². The first-order chi connectivity index (χ1) is 9.03. The van der Waals surface area contributed by atoms with Crippen molar-refractivity contribution in [1.82, 2.24) is 4.72 Å². The highest BCUT2D eigenvalue weighted by Gasteiger charge is 2.22. The van der Waals surface area contributed by atoms with Gasteiger partial charge in [-0.25, -0.2) is 13.1 Å². The summed E-state index contributed by atoms with van der Waals surface area (Å²) >= 11 is 0. The number of sulfonamides is 1. The lowest BCUT2D eigenvalue weighted by Gasteiger charge is -2.20. The van der Waals surface area contributed by atoms with E-state index in [1.54, 1.807) is 24.3 Å². The molecule has 2 N–H and O–H groups in total. The monoisotopic (exact) mass is 284 g/mol. The van der Waals surface area contributed by atoms with Crippen LogP contribution < -0.4 is 10.0 Å². The number of hydrogen-bond acceptors (Lipinski definition) is 4. The lowest BCUT2D eigenvalue weighted by Crippen LogP contribution is -2.26. The highest BCUT2D eigenvalue weighted by molar-refractivity contribution is 7.89. The molecule has 0 aromatic heterocycles. The summed E-state index contributed by atoms with van der Waals surface area (Å²) in [6.07, 6.45) is 1.07. The minimum Gasteiger partial charge on any atom is -0.382 e. The van der Waals surface area contributed by atoms with Crippen LogP contribution in [0.4, 0.5) is 5.69 Å². The Morgan fingerprint density at radius 1 is 1.32 bits per heavy atom. The second kappa shape index (κ2) is 5.90. The van der Waals surface area contributed by atoms with Crippen LogP contribution in [0.15, 0.2) is 29.2 Å². The third kappa shape index (κ3) is 3.46. The standard InChI is InChI=1S/C13H20N2O3S/c1-10(11-7-8-18-9-11)15-12-3-5-13(6-4-12)19(16,17)14-2/h3-6,10-11,14-15H,7-9H2,1-2H3. The molecular formula is C13H20N2O3S. The van der Waals surface area contributed by atoms with E-state index in [2.05, 4.69) is 17.0 Å². The van der Waals surface area contributed by atoms with Gasteiger partial charge in [-0.05, 0) is 44.7 Å². The van der Waals surface area contributed by atoms with Gasteiger partial charge in [0.25, 0.3) is 0 Å². The van der Waals surface area contributed by atoms with Crippen molar-refractivity contribution >= 4 is 15.7 Å². The first-order valence-corrected chi connectivity index (χ1v) is 7.89. The normalized spacial score (nSPS) is 21.3. The number of ether oxygens (including phenoxy) is 1. The molecule has 0 radical (unpaired) electrons. The van der Waals surface area contributed by atoms with E-state index in [-0.39, 0.29) is 4.90 Å². The first kappa shape index (κ1) is 14.3. The Bertz CT molecular complexity index is 507.